The predicted molar refractivity (Wildman–Crippen MR) is 126 cm³/mol. The van der Waals surface area contributed by atoms with Crippen LogP contribution in [0.3, 0.4) is 0 Å². The normalized spacial score (nSPS) is 12.7. The number of rotatable bonds is 5. The van der Waals surface area contributed by atoms with Gasteiger partial charge in [0, 0.05) is 6.07 Å². The molecule has 0 atom stereocenters. The zero-order valence-electron chi connectivity index (χ0n) is 18.9. The Morgan fingerprint density at radius 2 is 1.60 bits per heavy atom. The Balaban J connectivity index is 1.33. The Morgan fingerprint density at radius 3 is 2.31 bits per heavy atom. The monoisotopic (exact) mass is 469 g/mol. The van der Waals surface area contributed by atoms with E-state index in [1.807, 2.05) is 32.0 Å². The molecule has 0 radical (unpaired) electrons. The van der Waals surface area contributed by atoms with Crippen LogP contribution < -0.4 is 14.9 Å². The second-order valence-electron chi connectivity index (χ2n) is 8.17. The van der Waals surface area contributed by atoms with Crippen molar-refractivity contribution in [1.29, 1.82) is 0 Å². The molecule has 4 aromatic rings. The summed E-state index contributed by atoms with van der Waals surface area (Å²) < 4.78 is 16.6. The number of carbonyl (C=O) groups is 3. The first-order chi connectivity index (χ1) is 16.8. The van der Waals surface area contributed by atoms with Crippen LogP contribution in [0, 0.1) is 13.8 Å². The lowest BCUT2D eigenvalue weighted by atomic mass is 10.1. The molecule has 0 unspecified atom stereocenters. The summed E-state index contributed by atoms with van der Waals surface area (Å²) in [5.41, 5.74) is 2.16. The van der Waals surface area contributed by atoms with Gasteiger partial charge in [-0.1, -0.05) is 24.3 Å². The first kappa shape index (κ1) is 22.1. The summed E-state index contributed by atoms with van der Waals surface area (Å²) in [6, 6.07) is 16.3. The predicted octanol–water partition coefficient (Wildman–Crippen LogP) is 4.40. The van der Waals surface area contributed by atoms with Gasteiger partial charge in [-0.15, -0.1) is 0 Å². The van der Waals surface area contributed by atoms with E-state index in [1.54, 1.807) is 12.1 Å². The van der Waals surface area contributed by atoms with E-state index in [2.05, 4.69) is 0 Å². The number of hydrogen-bond donors (Lipinski definition) is 0. The minimum absolute atomic E-state index is 0.0292. The molecule has 5 rings (SSSR count). The first-order valence-corrected chi connectivity index (χ1v) is 10.8. The highest BCUT2D eigenvalue weighted by Crippen LogP contribution is 2.27. The molecule has 1 aliphatic rings. The number of fused-ring (bicyclic) bond motifs is 2. The molecular formula is C27H19NO7. The summed E-state index contributed by atoms with van der Waals surface area (Å²) in [6.45, 7) is 3.25. The highest BCUT2D eigenvalue weighted by molar-refractivity contribution is 6.22. The van der Waals surface area contributed by atoms with Gasteiger partial charge in [0.25, 0.3) is 11.8 Å². The van der Waals surface area contributed by atoms with Crippen LogP contribution in [-0.2, 0) is 4.79 Å². The fourth-order valence-electron chi connectivity index (χ4n) is 3.84. The number of nitrogens with zero attached hydrogens (tertiary/aromatic N) is 1. The van der Waals surface area contributed by atoms with Crippen molar-refractivity contribution in [3.05, 3.63) is 99.4 Å². The molecule has 0 N–H and O–H groups in total. The Morgan fingerprint density at radius 1 is 0.886 bits per heavy atom. The number of aryl methyl sites for hydroxylation is 2. The van der Waals surface area contributed by atoms with Crippen molar-refractivity contribution in [2.24, 2.45) is 0 Å². The van der Waals surface area contributed by atoms with E-state index in [1.165, 1.54) is 36.6 Å². The van der Waals surface area contributed by atoms with Crippen molar-refractivity contribution >= 4 is 28.8 Å². The summed E-state index contributed by atoms with van der Waals surface area (Å²) in [7, 11) is 0. The van der Waals surface area contributed by atoms with Crippen LogP contribution in [0.2, 0.25) is 0 Å². The molecule has 0 saturated heterocycles. The van der Waals surface area contributed by atoms with Gasteiger partial charge in [0.1, 0.15) is 29.9 Å². The van der Waals surface area contributed by atoms with Crippen LogP contribution in [0.5, 0.6) is 17.2 Å². The van der Waals surface area contributed by atoms with Gasteiger partial charge in [0.2, 0.25) is 11.2 Å². The van der Waals surface area contributed by atoms with Crippen molar-refractivity contribution in [2.45, 2.75) is 13.8 Å². The zero-order chi connectivity index (χ0) is 24.7. The Hall–Kier alpha value is -4.72. The number of carbonyl (C=O) groups excluding carboxylic acids is 3. The van der Waals surface area contributed by atoms with Gasteiger partial charge in [-0.3, -0.25) is 19.3 Å². The third-order valence-corrected chi connectivity index (χ3v) is 5.68. The van der Waals surface area contributed by atoms with Gasteiger partial charge in [0.15, 0.2) is 0 Å². The third-order valence-electron chi connectivity index (χ3n) is 5.68. The molecule has 1 aliphatic heterocycles. The van der Waals surface area contributed by atoms with Gasteiger partial charge in [-0.25, -0.2) is 4.79 Å². The Bertz CT molecular complexity index is 1550. The van der Waals surface area contributed by atoms with Gasteiger partial charge in [0.05, 0.1) is 16.5 Å². The third kappa shape index (κ3) is 4.06. The van der Waals surface area contributed by atoms with E-state index < -0.39 is 24.3 Å². The molecule has 35 heavy (non-hydrogen) atoms. The molecular weight excluding hydrogens is 450 g/mol. The number of amides is 2. The summed E-state index contributed by atoms with van der Waals surface area (Å²) in [4.78, 5) is 51.1. The number of hydrogen-bond acceptors (Lipinski definition) is 7. The van der Waals surface area contributed by atoms with E-state index in [0.29, 0.717) is 5.75 Å². The second-order valence-corrected chi connectivity index (χ2v) is 8.17. The summed E-state index contributed by atoms with van der Waals surface area (Å²) in [5, 5.41) is 0.243. The SMILES string of the molecule is Cc1ccc(C)c(Oc2coc3cc(OC(=O)CN4C(=O)c5ccccc5C4=O)ccc3c2=O)c1. The molecule has 174 valence electrons. The van der Waals surface area contributed by atoms with Gasteiger partial charge in [-0.05, 0) is 55.3 Å². The number of ether oxygens (including phenoxy) is 2. The lowest BCUT2D eigenvalue weighted by Crippen LogP contribution is -2.36. The Kier molecular flexibility index (Phi) is 5.41. The molecule has 0 saturated carbocycles. The van der Waals surface area contributed by atoms with E-state index in [0.717, 1.165) is 16.0 Å². The molecule has 2 amide bonds. The van der Waals surface area contributed by atoms with Crippen molar-refractivity contribution in [3.63, 3.8) is 0 Å². The highest BCUT2D eigenvalue weighted by Gasteiger charge is 2.36. The molecule has 0 spiro atoms. The first-order valence-electron chi connectivity index (χ1n) is 10.8. The standard InChI is InChI=1S/C27H19NO7/c1-15-7-8-16(2)21(11-15)35-23-14-33-22-12-17(9-10-20(22)25(23)30)34-24(29)13-28-26(31)18-5-3-4-6-19(18)27(28)32/h3-12,14H,13H2,1-2H3. The fraction of sp³-hybridized carbons (Fsp3) is 0.111. The molecule has 0 bridgehead atoms. The molecule has 3 aromatic carbocycles. The average Bonchev–Trinajstić information content (AvgIpc) is 3.08. The van der Waals surface area contributed by atoms with Crippen molar-refractivity contribution in [1.82, 2.24) is 4.90 Å². The average molecular weight is 469 g/mol. The maximum Gasteiger partial charge on any atom is 0.331 e. The van der Waals surface area contributed by atoms with E-state index >= 15 is 0 Å². The molecule has 1 aromatic heterocycles. The van der Waals surface area contributed by atoms with E-state index in [-0.39, 0.29) is 39.0 Å². The van der Waals surface area contributed by atoms with Crippen LogP contribution in [0.15, 0.2) is 76.1 Å². The minimum Gasteiger partial charge on any atom is -0.460 e. The van der Waals surface area contributed by atoms with Gasteiger partial charge in [-0.2, -0.15) is 0 Å². The fourth-order valence-corrected chi connectivity index (χ4v) is 3.84. The molecule has 8 heteroatoms. The maximum atomic E-state index is 12.9. The topological polar surface area (TPSA) is 103 Å². The molecule has 8 nitrogen and oxygen atoms in total. The Labute approximate surface area is 199 Å². The molecule has 2 heterocycles. The smallest absolute Gasteiger partial charge is 0.331 e. The van der Waals surface area contributed by atoms with E-state index in [4.69, 9.17) is 13.9 Å². The van der Waals surface area contributed by atoms with Gasteiger partial charge < -0.3 is 13.9 Å². The van der Waals surface area contributed by atoms with Crippen LogP contribution >= 0.6 is 0 Å². The summed E-state index contributed by atoms with van der Waals surface area (Å²) >= 11 is 0. The summed E-state index contributed by atoms with van der Waals surface area (Å²) in [5.74, 6) is -1.23. The van der Waals surface area contributed by atoms with Crippen LogP contribution in [-0.4, -0.2) is 29.2 Å². The number of esters is 1. The van der Waals surface area contributed by atoms with Crippen molar-refractivity contribution < 1.29 is 28.3 Å². The number of benzene rings is 3. The molecule has 0 aliphatic carbocycles. The summed E-state index contributed by atoms with van der Waals surface area (Å²) in [6.07, 6.45) is 1.21. The highest BCUT2D eigenvalue weighted by atomic mass is 16.5. The lowest BCUT2D eigenvalue weighted by Gasteiger charge is -2.13. The van der Waals surface area contributed by atoms with Crippen LogP contribution in [0.25, 0.3) is 11.0 Å². The lowest BCUT2D eigenvalue weighted by molar-refractivity contribution is -0.134. The second kappa shape index (κ2) is 8.57. The van der Waals surface area contributed by atoms with Crippen molar-refractivity contribution in [3.8, 4) is 17.2 Å². The van der Waals surface area contributed by atoms with Crippen molar-refractivity contribution in [2.75, 3.05) is 6.54 Å². The number of imide groups is 1. The largest absolute Gasteiger partial charge is 0.460 e. The molecule has 0 fully saturated rings. The van der Waals surface area contributed by atoms with Crippen LogP contribution in [0.1, 0.15) is 31.8 Å². The quantitative estimate of drug-likeness (QED) is 0.242. The van der Waals surface area contributed by atoms with Gasteiger partial charge >= 0.3 is 5.97 Å². The zero-order valence-corrected chi connectivity index (χ0v) is 18.9. The maximum absolute atomic E-state index is 12.9. The van der Waals surface area contributed by atoms with E-state index in [9.17, 15) is 19.2 Å². The van der Waals surface area contributed by atoms with Crippen LogP contribution in [0.4, 0.5) is 0 Å². The minimum atomic E-state index is -0.809.